The molecule has 5 N–H and O–H groups in total. The van der Waals surface area contributed by atoms with Crippen molar-refractivity contribution in [1.82, 2.24) is 5.32 Å². The highest BCUT2D eigenvalue weighted by atomic mass is 19.1. The number of nitrogens with one attached hydrogen (secondary N) is 1. The van der Waals surface area contributed by atoms with Crippen LogP contribution in [0.15, 0.2) is 77.4 Å². The molecule has 0 radical (unpaired) electrons. The molecule has 0 aliphatic rings. The third-order valence-electron chi connectivity index (χ3n) is 4.75. The molecule has 4 aromatic rings. The van der Waals surface area contributed by atoms with E-state index in [1.807, 2.05) is 36.4 Å². The quantitative estimate of drug-likeness (QED) is 0.362. The van der Waals surface area contributed by atoms with E-state index in [9.17, 15) is 4.79 Å². The summed E-state index contributed by atoms with van der Waals surface area (Å²) in [6, 6.07) is 19.6. The predicted molar refractivity (Wildman–Crippen MR) is 110 cm³/mol. The highest BCUT2D eigenvalue weighted by Gasteiger charge is 2.24. The van der Waals surface area contributed by atoms with Crippen molar-refractivity contribution in [2.75, 3.05) is 5.73 Å². The van der Waals surface area contributed by atoms with Gasteiger partial charge in [0, 0.05) is 11.3 Å². The number of benzene rings is 3. The Balaban J connectivity index is 1.66. The number of hydrogen-bond donors (Lipinski definition) is 3. The average Bonchev–Trinajstić information content (AvgIpc) is 3.25. The summed E-state index contributed by atoms with van der Waals surface area (Å²) in [5.41, 5.74) is 6.85. The van der Waals surface area contributed by atoms with E-state index in [0.29, 0.717) is 11.3 Å². The Labute approximate surface area is 166 Å². The number of carbonyl (C=O) groups is 1. The first-order valence-electron chi connectivity index (χ1n) is 9.05. The van der Waals surface area contributed by atoms with Gasteiger partial charge in [-0.05, 0) is 47.2 Å². The Morgan fingerprint density at radius 1 is 1.03 bits per heavy atom. The molecule has 0 saturated carbocycles. The van der Waals surface area contributed by atoms with Gasteiger partial charge in [-0.1, -0.05) is 30.3 Å². The number of amides is 1. The molecule has 0 atom stereocenters. The molecule has 0 aliphatic heterocycles. The van der Waals surface area contributed by atoms with Crippen LogP contribution in [0.5, 0.6) is 0 Å². The minimum atomic E-state index is -0.757. The number of fused-ring (bicyclic) bond motifs is 1. The first-order valence-corrected chi connectivity index (χ1v) is 9.05. The van der Waals surface area contributed by atoms with Gasteiger partial charge in [-0.2, -0.15) is 0 Å². The maximum atomic E-state index is 15.2. The van der Waals surface area contributed by atoms with Crippen molar-refractivity contribution in [2.45, 2.75) is 6.54 Å². The normalized spacial score (nSPS) is 10.8. The summed E-state index contributed by atoms with van der Waals surface area (Å²) in [5, 5.41) is 10.9. The second kappa shape index (κ2) is 7.59. The molecule has 6 heteroatoms. The SMILES string of the molecule is Nc1ccc(C(=O)NCc2ccco2)c(F)c1C(=[NH2+])c1ccc2ccccc2c1. The molecule has 1 amide bonds. The van der Waals surface area contributed by atoms with E-state index in [1.165, 1.54) is 18.4 Å². The summed E-state index contributed by atoms with van der Waals surface area (Å²) in [4.78, 5) is 12.5. The zero-order valence-corrected chi connectivity index (χ0v) is 15.5. The van der Waals surface area contributed by atoms with Crippen LogP contribution < -0.4 is 16.5 Å². The smallest absolute Gasteiger partial charge is 0.254 e. The van der Waals surface area contributed by atoms with Gasteiger partial charge in [-0.3, -0.25) is 10.2 Å². The van der Waals surface area contributed by atoms with Crippen LogP contribution >= 0.6 is 0 Å². The Hall–Kier alpha value is -3.93. The van der Waals surface area contributed by atoms with Crippen LogP contribution in [-0.2, 0) is 6.54 Å². The highest BCUT2D eigenvalue weighted by molar-refractivity contribution is 6.14. The number of rotatable bonds is 5. The van der Waals surface area contributed by atoms with E-state index < -0.39 is 11.7 Å². The van der Waals surface area contributed by atoms with E-state index in [1.54, 1.807) is 18.2 Å². The van der Waals surface area contributed by atoms with E-state index in [4.69, 9.17) is 15.6 Å². The standard InChI is InChI=1S/C23H18FN3O2/c24-21-18(23(28)27-13-17-6-3-11-29-17)9-10-19(25)20(21)22(26)16-8-7-14-4-1-2-5-15(14)12-16/h1-12,26H,13,25H2,(H,27,28)/p+1. The molecule has 1 heterocycles. The molecular weight excluding hydrogens is 369 g/mol. The van der Waals surface area contributed by atoms with E-state index in [2.05, 4.69) is 5.32 Å². The van der Waals surface area contributed by atoms with Crippen LogP contribution in [-0.4, -0.2) is 11.6 Å². The van der Waals surface area contributed by atoms with Gasteiger partial charge in [0.15, 0.2) is 5.82 Å². The maximum Gasteiger partial charge on any atom is 0.254 e. The van der Waals surface area contributed by atoms with Crippen molar-refractivity contribution in [3.05, 3.63) is 101 Å². The van der Waals surface area contributed by atoms with Crippen molar-refractivity contribution >= 4 is 28.1 Å². The molecule has 4 rings (SSSR count). The Morgan fingerprint density at radius 2 is 1.83 bits per heavy atom. The van der Waals surface area contributed by atoms with Gasteiger partial charge in [0.2, 0.25) is 5.71 Å². The molecule has 3 aromatic carbocycles. The first-order chi connectivity index (χ1) is 14.0. The summed E-state index contributed by atoms with van der Waals surface area (Å²) in [7, 11) is 0. The molecule has 29 heavy (non-hydrogen) atoms. The maximum absolute atomic E-state index is 15.2. The fraction of sp³-hybridized carbons (Fsp3) is 0.0435. The monoisotopic (exact) mass is 388 g/mol. The lowest BCUT2D eigenvalue weighted by molar-refractivity contribution is -0.111. The van der Waals surface area contributed by atoms with Crippen LogP contribution in [0.1, 0.15) is 27.2 Å². The van der Waals surface area contributed by atoms with Crippen molar-refractivity contribution in [1.29, 1.82) is 0 Å². The minimum absolute atomic E-state index is 0.0194. The average molecular weight is 388 g/mol. The molecule has 144 valence electrons. The van der Waals surface area contributed by atoms with Gasteiger partial charge in [0.1, 0.15) is 11.3 Å². The van der Waals surface area contributed by atoms with Crippen LogP contribution in [0.3, 0.4) is 0 Å². The van der Waals surface area contributed by atoms with E-state index in [0.717, 1.165) is 10.8 Å². The summed E-state index contributed by atoms with van der Waals surface area (Å²) in [6.07, 6.45) is 1.50. The summed E-state index contributed by atoms with van der Waals surface area (Å²) in [6.45, 7) is 0.148. The molecule has 5 nitrogen and oxygen atoms in total. The molecule has 0 fully saturated rings. The Morgan fingerprint density at radius 3 is 2.59 bits per heavy atom. The number of halogens is 1. The lowest BCUT2D eigenvalue weighted by Gasteiger charge is -2.10. The zero-order chi connectivity index (χ0) is 20.4. The molecule has 0 spiro atoms. The number of nitrogens with two attached hydrogens (primary N) is 2. The first kappa shape index (κ1) is 18.4. The molecule has 0 aliphatic carbocycles. The fourth-order valence-corrected chi connectivity index (χ4v) is 3.22. The zero-order valence-electron chi connectivity index (χ0n) is 15.5. The van der Waals surface area contributed by atoms with Crippen LogP contribution in [0.4, 0.5) is 10.1 Å². The third kappa shape index (κ3) is 3.60. The molecule has 1 aromatic heterocycles. The van der Waals surface area contributed by atoms with Gasteiger partial charge in [-0.15, -0.1) is 0 Å². The fourth-order valence-electron chi connectivity index (χ4n) is 3.22. The van der Waals surface area contributed by atoms with Gasteiger partial charge in [0.25, 0.3) is 5.91 Å². The third-order valence-corrected chi connectivity index (χ3v) is 4.75. The molecule has 0 saturated heterocycles. The second-order valence-electron chi connectivity index (χ2n) is 6.63. The van der Waals surface area contributed by atoms with Crippen molar-refractivity contribution in [3.63, 3.8) is 0 Å². The lowest BCUT2D eigenvalue weighted by Crippen LogP contribution is -2.42. The van der Waals surface area contributed by atoms with Gasteiger partial charge in [-0.25, -0.2) is 4.39 Å². The van der Waals surface area contributed by atoms with Gasteiger partial charge < -0.3 is 15.5 Å². The topological polar surface area (TPSA) is 93.9 Å². The van der Waals surface area contributed by atoms with Crippen molar-refractivity contribution in [2.24, 2.45) is 0 Å². The Bertz CT molecular complexity index is 1220. The van der Waals surface area contributed by atoms with Crippen molar-refractivity contribution < 1.29 is 19.0 Å². The van der Waals surface area contributed by atoms with Crippen molar-refractivity contribution in [3.8, 4) is 0 Å². The van der Waals surface area contributed by atoms with Crippen LogP contribution in [0.25, 0.3) is 10.8 Å². The summed E-state index contributed by atoms with van der Waals surface area (Å²) >= 11 is 0. The van der Waals surface area contributed by atoms with Gasteiger partial charge >= 0.3 is 0 Å². The van der Waals surface area contributed by atoms with Crippen LogP contribution in [0.2, 0.25) is 0 Å². The summed E-state index contributed by atoms with van der Waals surface area (Å²) < 4.78 is 20.4. The number of nitrogen functional groups attached to an aromatic ring is 1. The minimum Gasteiger partial charge on any atom is -0.467 e. The molecular formula is C23H19FN3O2+. The Kier molecular flexibility index (Phi) is 4.83. The number of hydrogen-bond acceptors (Lipinski definition) is 3. The number of furan rings is 1. The largest absolute Gasteiger partial charge is 0.467 e. The summed E-state index contributed by atoms with van der Waals surface area (Å²) in [5.74, 6) is -0.768. The van der Waals surface area contributed by atoms with Gasteiger partial charge in [0.05, 0.1) is 18.4 Å². The predicted octanol–water partition coefficient (Wildman–Crippen LogP) is 2.68. The van der Waals surface area contributed by atoms with E-state index >= 15 is 4.39 Å². The number of anilines is 1. The van der Waals surface area contributed by atoms with E-state index in [-0.39, 0.29) is 29.1 Å². The molecule has 0 bridgehead atoms. The van der Waals surface area contributed by atoms with Crippen LogP contribution in [0, 0.1) is 5.82 Å². The molecule has 0 unspecified atom stereocenters. The lowest BCUT2D eigenvalue weighted by atomic mass is 9.96. The number of carbonyl (C=O) groups excluding carboxylic acids is 1. The second-order valence-corrected chi connectivity index (χ2v) is 6.63. The highest BCUT2D eigenvalue weighted by Crippen LogP contribution is 2.24.